The van der Waals surface area contributed by atoms with E-state index in [1.807, 2.05) is 45.9 Å². The average molecular weight is 438 g/mol. The zero-order chi connectivity index (χ0) is 23.3. The Bertz CT molecular complexity index is 985. The van der Waals surface area contributed by atoms with Crippen molar-refractivity contribution >= 4 is 29.1 Å². The van der Waals surface area contributed by atoms with Crippen LogP contribution in [-0.4, -0.2) is 37.4 Å². The lowest BCUT2D eigenvalue weighted by atomic mass is 10.1. The monoisotopic (exact) mass is 437 g/mol. The van der Waals surface area contributed by atoms with Crippen LogP contribution in [0, 0.1) is 25.7 Å². The Morgan fingerprint density at radius 2 is 1.81 bits per heavy atom. The zero-order valence-corrected chi connectivity index (χ0v) is 19.1. The molecule has 1 heterocycles. The molecule has 7 heteroatoms. The molecular weight excluding hydrogens is 406 g/mol. The summed E-state index contributed by atoms with van der Waals surface area (Å²) in [5, 5.41) is 5.72. The van der Waals surface area contributed by atoms with Gasteiger partial charge in [-0.1, -0.05) is 19.9 Å². The first-order valence-corrected chi connectivity index (χ1v) is 10.9. The first kappa shape index (κ1) is 23.3. The minimum absolute atomic E-state index is 0.0730. The molecule has 0 aliphatic carbocycles. The Balaban J connectivity index is 1.51. The number of rotatable bonds is 8. The molecule has 1 aliphatic rings. The Labute approximate surface area is 189 Å². The van der Waals surface area contributed by atoms with Crippen molar-refractivity contribution in [2.24, 2.45) is 11.8 Å². The summed E-state index contributed by atoms with van der Waals surface area (Å²) in [6, 6.07) is 12.7. The summed E-state index contributed by atoms with van der Waals surface area (Å²) in [7, 11) is 0. The number of amides is 3. The van der Waals surface area contributed by atoms with Crippen molar-refractivity contribution in [3.63, 3.8) is 0 Å². The number of ether oxygens (including phenoxy) is 1. The van der Waals surface area contributed by atoms with E-state index in [0.717, 1.165) is 11.3 Å². The van der Waals surface area contributed by atoms with Crippen LogP contribution in [0.1, 0.15) is 31.4 Å². The number of anilines is 2. The lowest BCUT2D eigenvalue weighted by molar-refractivity contribution is -0.126. The van der Waals surface area contributed by atoms with Gasteiger partial charge in [-0.15, -0.1) is 0 Å². The van der Waals surface area contributed by atoms with Crippen LogP contribution >= 0.6 is 0 Å². The first-order chi connectivity index (χ1) is 15.2. The number of benzene rings is 2. The zero-order valence-electron chi connectivity index (χ0n) is 19.1. The predicted molar refractivity (Wildman–Crippen MR) is 125 cm³/mol. The van der Waals surface area contributed by atoms with Gasteiger partial charge < -0.3 is 20.3 Å². The third kappa shape index (κ3) is 6.09. The van der Waals surface area contributed by atoms with Crippen LogP contribution in [0.2, 0.25) is 0 Å². The van der Waals surface area contributed by atoms with E-state index in [1.54, 1.807) is 29.2 Å². The lowest BCUT2D eigenvalue weighted by Crippen LogP contribution is -2.35. The number of hydrogen-bond donors (Lipinski definition) is 2. The highest BCUT2D eigenvalue weighted by Gasteiger charge is 2.35. The molecule has 2 aromatic rings. The number of aryl methyl sites for hydroxylation is 2. The van der Waals surface area contributed by atoms with Crippen LogP contribution in [-0.2, 0) is 14.4 Å². The van der Waals surface area contributed by atoms with E-state index in [2.05, 4.69) is 10.6 Å². The van der Waals surface area contributed by atoms with E-state index < -0.39 is 0 Å². The fraction of sp³-hybridized carbons (Fsp3) is 0.400. The van der Waals surface area contributed by atoms with Gasteiger partial charge in [-0.3, -0.25) is 14.4 Å². The Hall–Kier alpha value is -3.35. The molecule has 0 spiro atoms. The summed E-state index contributed by atoms with van der Waals surface area (Å²) < 4.78 is 5.57. The van der Waals surface area contributed by atoms with E-state index in [9.17, 15) is 14.4 Å². The van der Waals surface area contributed by atoms with Crippen molar-refractivity contribution < 1.29 is 19.1 Å². The van der Waals surface area contributed by atoms with Crippen molar-refractivity contribution in [1.82, 2.24) is 5.32 Å². The van der Waals surface area contributed by atoms with Crippen molar-refractivity contribution in [1.29, 1.82) is 0 Å². The van der Waals surface area contributed by atoms with Gasteiger partial charge in [0.25, 0.3) is 5.91 Å². The predicted octanol–water partition coefficient (Wildman–Crippen LogP) is 3.45. The van der Waals surface area contributed by atoms with Gasteiger partial charge in [-0.05, 0) is 67.3 Å². The summed E-state index contributed by atoms with van der Waals surface area (Å²) in [5.41, 5.74) is 3.71. The Morgan fingerprint density at radius 3 is 2.47 bits per heavy atom. The number of nitrogens with zero attached hydrogens (tertiary/aromatic N) is 1. The summed E-state index contributed by atoms with van der Waals surface area (Å²) in [6.07, 6.45) is 0.209. The van der Waals surface area contributed by atoms with E-state index >= 15 is 0 Å². The van der Waals surface area contributed by atoms with Crippen molar-refractivity contribution in [3.05, 3.63) is 53.6 Å². The smallest absolute Gasteiger partial charge is 0.262 e. The largest absolute Gasteiger partial charge is 0.484 e. The van der Waals surface area contributed by atoms with Crippen LogP contribution in [0.4, 0.5) is 11.4 Å². The maximum Gasteiger partial charge on any atom is 0.262 e. The minimum atomic E-state index is -0.341. The van der Waals surface area contributed by atoms with E-state index in [0.29, 0.717) is 30.4 Å². The molecule has 1 atom stereocenters. The highest BCUT2D eigenvalue weighted by molar-refractivity contribution is 6.00. The second kappa shape index (κ2) is 10.3. The van der Waals surface area contributed by atoms with Gasteiger partial charge in [0.1, 0.15) is 5.75 Å². The summed E-state index contributed by atoms with van der Waals surface area (Å²) in [5.74, 6) is 0.152. The fourth-order valence-electron chi connectivity index (χ4n) is 3.47. The molecule has 3 rings (SSSR count). The molecule has 0 radical (unpaired) electrons. The summed E-state index contributed by atoms with van der Waals surface area (Å²) in [4.78, 5) is 38.5. The summed E-state index contributed by atoms with van der Waals surface area (Å²) >= 11 is 0. The normalized spacial score (nSPS) is 15.7. The van der Waals surface area contributed by atoms with E-state index in [1.165, 1.54) is 5.56 Å². The number of carbonyl (C=O) groups excluding carboxylic acids is 3. The number of carbonyl (C=O) groups is 3. The first-order valence-electron chi connectivity index (χ1n) is 10.9. The van der Waals surface area contributed by atoms with Crippen molar-refractivity contribution in [2.75, 3.05) is 29.9 Å². The molecule has 0 saturated carbocycles. The molecule has 0 unspecified atom stereocenters. The Morgan fingerprint density at radius 1 is 1.09 bits per heavy atom. The lowest BCUT2D eigenvalue weighted by Gasteiger charge is -2.17. The topological polar surface area (TPSA) is 87.7 Å². The maximum atomic E-state index is 12.4. The number of hydrogen-bond acceptors (Lipinski definition) is 4. The summed E-state index contributed by atoms with van der Waals surface area (Å²) in [6.45, 7) is 8.92. The molecule has 170 valence electrons. The molecule has 2 aromatic carbocycles. The standard InChI is InChI=1S/C25H31N3O4/c1-16(2)13-26-25(31)19-12-24(30)28(14-19)21-7-9-22(10-8-21)32-15-23(29)27-20-6-5-17(3)18(4)11-20/h5-11,16,19H,12-15H2,1-4H3,(H,26,31)(H,27,29)/t19-/m1/s1. The van der Waals surface area contributed by atoms with Gasteiger partial charge in [0.15, 0.2) is 6.61 Å². The average Bonchev–Trinajstić information content (AvgIpc) is 3.15. The second-order valence-electron chi connectivity index (χ2n) is 8.67. The Kier molecular flexibility index (Phi) is 7.51. The SMILES string of the molecule is Cc1ccc(NC(=O)COc2ccc(N3C[C@H](C(=O)NCC(C)C)CC3=O)cc2)cc1C. The van der Waals surface area contributed by atoms with Crippen LogP contribution in [0.25, 0.3) is 0 Å². The van der Waals surface area contributed by atoms with Gasteiger partial charge in [0.2, 0.25) is 11.8 Å². The second-order valence-corrected chi connectivity index (χ2v) is 8.67. The van der Waals surface area contributed by atoms with Gasteiger partial charge in [0, 0.05) is 30.9 Å². The highest BCUT2D eigenvalue weighted by atomic mass is 16.5. The molecule has 3 amide bonds. The van der Waals surface area contributed by atoms with Gasteiger partial charge in [0.05, 0.1) is 5.92 Å². The third-order valence-corrected chi connectivity index (χ3v) is 5.49. The van der Waals surface area contributed by atoms with Gasteiger partial charge in [-0.2, -0.15) is 0 Å². The van der Waals surface area contributed by atoms with Gasteiger partial charge >= 0.3 is 0 Å². The van der Waals surface area contributed by atoms with E-state index in [4.69, 9.17) is 4.74 Å². The third-order valence-electron chi connectivity index (χ3n) is 5.49. The molecule has 32 heavy (non-hydrogen) atoms. The van der Waals surface area contributed by atoms with E-state index in [-0.39, 0.29) is 36.7 Å². The molecule has 0 aromatic heterocycles. The van der Waals surface area contributed by atoms with Crippen molar-refractivity contribution in [2.45, 2.75) is 34.1 Å². The maximum absolute atomic E-state index is 12.4. The minimum Gasteiger partial charge on any atom is -0.484 e. The molecule has 7 nitrogen and oxygen atoms in total. The molecule has 1 aliphatic heterocycles. The fourth-order valence-corrected chi connectivity index (χ4v) is 3.47. The van der Waals surface area contributed by atoms with Crippen LogP contribution < -0.4 is 20.3 Å². The molecule has 1 saturated heterocycles. The molecular formula is C25H31N3O4. The quantitative estimate of drug-likeness (QED) is 0.662. The molecule has 0 bridgehead atoms. The molecule has 1 fully saturated rings. The van der Waals surface area contributed by atoms with Crippen molar-refractivity contribution in [3.8, 4) is 5.75 Å². The number of nitrogens with one attached hydrogen (secondary N) is 2. The highest BCUT2D eigenvalue weighted by Crippen LogP contribution is 2.27. The molecule has 2 N–H and O–H groups in total. The van der Waals surface area contributed by atoms with Crippen LogP contribution in [0.15, 0.2) is 42.5 Å². The van der Waals surface area contributed by atoms with Crippen LogP contribution in [0.5, 0.6) is 5.75 Å². The van der Waals surface area contributed by atoms with Crippen LogP contribution in [0.3, 0.4) is 0 Å². The van der Waals surface area contributed by atoms with Gasteiger partial charge in [-0.25, -0.2) is 0 Å².